The van der Waals surface area contributed by atoms with Crippen LogP contribution in [0.15, 0.2) is 42.5 Å². The Morgan fingerprint density at radius 3 is 2.71 bits per heavy atom. The summed E-state index contributed by atoms with van der Waals surface area (Å²) in [6.07, 6.45) is 7.05. The summed E-state index contributed by atoms with van der Waals surface area (Å²) in [5, 5.41) is 0. The monoisotopic (exact) mass is 474 g/mol. The van der Waals surface area contributed by atoms with Crippen molar-refractivity contribution in [2.45, 2.75) is 58.4 Å². The van der Waals surface area contributed by atoms with Crippen molar-refractivity contribution in [1.82, 2.24) is 19.8 Å². The molecule has 0 bridgehead atoms. The average molecular weight is 475 g/mol. The minimum absolute atomic E-state index is 0.226. The van der Waals surface area contributed by atoms with E-state index in [1.807, 2.05) is 29.2 Å². The van der Waals surface area contributed by atoms with E-state index in [1.54, 1.807) is 0 Å². The van der Waals surface area contributed by atoms with Crippen molar-refractivity contribution < 1.29 is 9.53 Å². The Morgan fingerprint density at radius 1 is 1.06 bits per heavy atom. The van der Waals surface area contributed by atoms with Gasteiger partial charge in [-0.3, -0.25) is 9.69 Å². The number of piperidine rings is 1. The number of benzene rings is 2. The molecule has 0 saturated carbocycles. The van der Waals surface area contributed by atoms with Gasteiger partial charge in [-0.15, -0.1) is 0 Å². The number of aromatic nitrogens is 2. The van der Waals surface area contributed by atoms with Gasteiger partial charge in [0.1, 0.15) is 11.6 Å². The number of hydrogen-bond acceptors (Lipinski definition) is 4. The number of nitrogens with zero attached hydrogens (tertiary/aromatic N) is 3. The lowest BCUT2D eigenvalue weighted by Crippen LogP contribution is -2.32. The number of aromatic amines is 1. The zero-order valence-electron chi connectivity index (χ0n) is 21.0. The Hall–Kier alpha value is -2.86. The maximum atomic E-state index is 12.5. The number of carbonyl (C=O) groups is 1. The van der Waals surface area contributed by atoms with Gasteiger partial charge in [0.05, 0.1) is 24.1 Å². The lowest BCUT2D eigenvalue weighted by Gasteiger charge is -2.30. The number of H-pyrrole nitrogens is 1. The number of aryl methyl sites for hydroxylation is 1. The van der Waals surface area contributed by atoms with E-state index in [0.29, 0.717) is 13.0 Å². The van der Waals surface area contributed by atoms with Crippen molar-refractivity contribution in [1.29, 1.82) is 0 Å². The van der Waals surface area contributed by atoms with Gasteiger partial charge in [0.2, 0.25) is 5.91 Å². The van der Waals surface area contributed by atoms with E-state index in [9.17, 15) is 4.79 Å². The molecule has 2 aliphatic heterocycles. The smallest absolute Gasteiger partial charge is 0.226 e. The lowest BCUT2D eigenvalue weighted by molar-refractivity contribution is -0.129. The molecule has 0 atom stereocenters. The Morgan fingerprint density at radius 2 is 1.89 bits per heavy atom. The van der Waals surface area contributed by atoms with Gasteiger partial charge in [0.15, 0.2) is 0 Å². The summed E-state index contributed by atoms with van der Waals surface area (Å²) in [5.41, 5.74) is 4.33. The SMILES string of the molecule is CC1CCN(Cc2cccc(OCCCc3nc4cc(CC(=O)N5CCCC5)ccc4[nH]3)c2)CC1. The maximum absolute atomic E-state index is 12.5. The maximum Gasteiger partial charge on any atom is 0.226 e. The second kappa shape index (κ2) is 11.3. The number of amides is 1. The molecule has 1 N–H and O–H groups in total. The van der Waals surface area contributed by atoms with Crippen LogP contribution in [0.1, 0.15) is 56.0 Å². The van der Waals surface area contributed by atoms with E-state index in [4.69, 9.17) is 9.72 Å². The highest BCUT2D eigenvalue weighted by molar-refractivity contribution is 5.82. The number of ether oxygens (including phenoxy) is 1. The van der Waals surface area contributed by atoms with E-state index in [2.05, 4.69) is 35.0 Å². The molecule has 2 fully saturated rings. The summed E-state index contributed by atoms with van der Waals surface area (Å²) in [7, 11) is 0. The van der Waals surface area contributed by atoms with E-state index >= 15 is 0 Å². The highest BCUT2D eigenvalue weighted by atomic mass is 16.5. The number of rotatable bonds is 9. The molecule has 0 aliphatic carbocycles. The molecule has 6 heteroatoms. The fourth-order valence-corrected chi connectivity index (χ4v) is 5.23. The predicted octanol–water partition coefficient (Wildman–Crippen LogP) is 4.97. The van der Waals surface area contributed by atoms with Crippen molar-refractivity contribution in [3.05, 3.63) is 59.4 Å². The molecular formula is C29H38N4O2. The van der Waals surface area contributed by atoms with Crippen LogP contribution >= 0.6 is 0 Å². The fourth-order valence-electron chi connectivity index (χ4n) is 5.23. The number of fused-ring (bicyclic) bond motifs is 1. The predicted molar refractivity (Wildman–Crippen MR) is 140 cm³/mol. The van der Waals surface area contributed by atoms with Gasteiger partial charge in [0.25, 0.3) is 0 Å². The Kier molecular flexibility index (Phi) is 7.67. The van der Waals surface area contributed by atoms with Crippen LogP contribution in [0.25, 0.3) is 11.0 Å². The van der Waals surface area contributed by atoms with Gasteiger partial charge in [-0.1, -0.05) is 25.1 Å². The third kappa shape index (κ3) is 6.43. The number of likely N-dealkylation sites (tertiary alicyclic amines) is 2. The molecule has 35 heavy (non-hydrogen) atoms. The molecule has 3 aromatic rings. The van der Waals surface area contributed by atoms with Gasteiger partial charge < -0.3 is 14.6 Å². The summed E-state index contributed by atoms with van der Waals surface area (Å²) < 4.78 is 6.06. The van der Waals surface area contributed by atoms with Gasteiger partial charge in [-0.2, -0.15) is 0 Å². The molecule has 6 nitrogen and oxygen atoms in total. The summed E-state index contributed by atoms with van der Waals surface area (Å²) >= 11 is 0. The molecule has 1 aromatic heterocycles. The van der Waals surface area contributed by atoms with Crippen LogP contribution in [0.3, 0.4) is 0 Å². The summed E-state index contributed by atoms with van der Waals surface area (Å²) in [6.45, 7) is 8.22. The largest absolute Gasteiger partial charge is 0.494 e. The van der Waals surface area contributed by atoms with E-state index in [-0.39, 0.29) is 5.91 Å². The van der Waals surface area contributed by atoms with Crippen molar-refractivity contribution in [2.24, 2.45) is 5.92 Å². The highest BCUT2D eigenvalue weighted by Gasteiger charge is 2.18. The van der Waals surface area contributed by atoms with Crippen molar-refractivity contribution in [3.63, 3.8) is 0 Å². The second-order valence-electron chi connectivity index (χ2n) is 10.4. The van der Waals surface area contributed by atoms with Crippen LogP contribution in [0.4, 0.5) is 0 Å². The van der Waals surface area contributed by atoms with Crippen LogP contribution in [0, 0.1) is 5.92 Å². The number of imidazole rings is 1. The van der Waals surface area contributed by atoms with Crippen LogP contribution in [0.2, 0.25) is 0 Å². The quantitative estimate of drug-likeness (QED) is 0.445. The summed E-state index contributed by atoms with van der Waals surface area (Å²) in [6, 6.07) is 14.7. The lowest BCUT2D eigenvalue weighted by atomic mass is 9.99. The van der Waals surface area contributed by atoms with Gasteiger partial charge in [0, 0.05) is 26.1 Å². The third-order valence-corrected chi connectivity index (χ3v) is 7.42. The third-order valence-electron chi connectivity index (χ3n) is 7.42. The molecular weight excluding hydrogens is 436 g/mol. The van der Waals surface area contributed by atoms with Crippen LogP contribution in [-0.2, 0) is 24.2 Å². The minimum atomic E-state index is 0.226. The van der Waals surface area contributed by atoms with E-state index in [1.165, 1.54) is 31.5 Å². The Bertz CT molecular complexity index is 1130. The molecule has 0 unspecified atom stereocenters. The molecule has 1 amide bonds. The van der Waals surface area contributed by atoms with Crippen molar-refractivity contribution >= 4 is 16.9 Å². The molecule has 2 aliphatic rings. The topological polar surface area (TPSA) is 61.5 Å². The van der Waals surface area contributed by atoms with E-state index < -0.39 is 0 Å². The zero-order chi connectivity index (χ0) is 24.0. The second-order valence-corrected chi connectivity index (χ2v) is 10.4. The molecule has 3 heterocycles. The molecule has 2 saturated heterocycles. The fraction of sp³-hybridized carbons (Fsp3) is 0.517. The first kappa shape index (κ1) is 23.9. The van der Waals surface area contributed by atoms with Crippen LogP contribution in [-0.4, -0.2) is 58.5 Å². The van der Waals surface area contributed by atoms with Crippen molar-refractivity contribution in [3.8, 4) is 5.75 Å². The molecule has 0 spiro atoms. The minimum Gasteiger partial charge on any atom is -0.494 e. The average Bonchev–Trinajstić information content (AvgIpc) is 3.54. The summed E-state index contributed by atoms with van der Waals surface area (Å²) in [5.74, 6) is 3.01. The Labute approximate surface area is 208 Å². The van der Waals surface area contributed by atoms with Gasteiger partial charge in [-0.05, 0) is 86.5 Å². The summed E-state index contributed by atoms with van der Waals surface area (Å²) in [4.78, 5) is 25.2. The molecule has 0 radical (unpaired) electrons. The normalized spacial score (nSPS) is 17.3. The number of nitrogens with one attached hydrogen (secondary N) is 1. The van der Waals surface area contributed by atoms with Crippen LogP contribution < -0.4 is 4.74 Å². The molecule has 2 aromatic carbocycles. The first-order valence-corrected chi connectivity index (χ1v) is 13.3. The first-order chi connectivity index (χ1) is 17.1. The standard InChI is InChI=1S/C29H38N4O2/c1-22-11-15-32(16-12-22)21-24-6-4-7-25(18-24)35-17-5-8-28-30-26-10-9-23(19-27(26)31-28)20-29(34)33-13-2-3-14-33/h4,6-7,9-10,18-19,22H,2-3,5,8,11-17,20-21H2,1H3,(H,30,31). The van der Waals surface area contributed by atoms with E-state index in [0.717, 1.165) is 79.4 Å². The Balaban J connectivity index is 1.09. The van der Waals surface area contributed by atoms with Crippen molar-refractivity contribution in [2.75, 3.05) is 32.8 Å². The number of hydrogen-bond donors (Lipinski definition) is 1. The zero-order valence-corrected chi connectivity index (χ0v) is 21.0. The first-order valence-electron chi connectivity index (χ1n) is 13.3. The number of carbonyl (C=O) groups excluding carboxylic acids is 1. The molecule has 186 valence electrons. The van der Waals surface area contributed by atoms with Gasteiger partial charge >= 0.3 is 0 Å². The highest BCUT2D eigenvalue weighted by Crippen LogP contribution is 2.21. The molecule has 5 rings (SSSR count). The van der Waals surface area contributed by atoms with Gasteiger partial charge in [-0.25, -0.2) is 4.98 Å². The van der Waals surface area contributed by atoms with Crippen LogP contribution in [0.5, 0.6) is 5.75 Å².